The van der Waals surface area contributed by atoms with Gasteiger partial charge in [0.2, 0.25) is 17.7 Å². The Labute approximate surface area is 378 Å². The van der Waals surface area contributed by atoms with Crippen LogP contribution in [0.1, 0.15) is 64.4 Å². The third kappa shape index (κ3) is 8.58. The normalized spacial score (nSPS) is 18.5. The first-order chi connectivity index (χ1) is 31.9. The number of carbonyl (C=O) groups is 5. The Kier molecular flexibility index (Phi) is 12.1. The van der Waals surface area contributed by atoms with Gasteiger partial charge in [0, 0.05) is 93.9 Å². The minimum absolute atomic E-state index is 0.149. The van der Waals surface area contributed by atoms with Crippen molar-refractivity contribution in [1.29, 1.82) is 5.26 Å². The van der Waals surface area contributed by atoms with Gasteiger partial charge in [-0.25, -0.2) is 18.3 Å². The van der Waals surface area contributed by atoms with Gasteiger partial charge in [0.15, 0.2) is 0 Å². The van der Waals surface area contributed by atoms with Crippen LogP contribution in [0, 0.1) is 23.0 Å². The van der Waals surface area contributed by atoms with E-state index < -0.39 is 46.5 Å². The molecule has 1 unspecified atom stereocenters. The average Bonchev–Trinajstić information content (AvgIpc) is 3.89. The number of anilines is 2. The van der Waals surface area contributed by atoms with Crippen LogP contribution < -0.4 is 30.5 Å². The molecule has 9 rings (SSSR count). The molecule has 4 aliphatic rings. The van der Waals surface area contributed by atoms with E-state index in [2.05, 4.69) is 36.9 Å². The molecule has 5 aromatic rings. The van der Waals surface area contributed by atoms with E-state index in [1.807, 2.05) is 48.2 Å². The number of fused-ring (bicyclic) bond motifs is 2. The molecular weight excluding hydrogens is 853 g/mol. The number of piperazine rings is 1. The molecule has 17 nitrogen and oxygen atoms in total. The van der Waals surface area contributed by atoms with Crippen LogP contribution in [-0.2, 0) is 20.9 Å². The number of hydrogen-bond donors (Lipinski definition) is 3. The first kappa shape index (κ1) is 43.8. The smallest absolute Gasteiger partial charge is 0.255 e. The predicted octanol–water partition coefficient (Wildman–Crippen LogP) is 3.41. The summed E-state index contributed by atoms with van der Waals surface area (Å²) < 4.78 is 36.4. The molecule has 340 valence electrons. The lowest BCUT2D eigenvalue weighted by Gasteiger charge is -2.42. The number of hydrogen-bond acceptors (Lipinski definition) is 12. The Hall–Kier alpha value is -7.46. The zero-order chi connectivity index (χ0) is 46.1. The van der Waals surface area contributed by atoms with Gasteiger partial charge in [-0.2, -0.15) is 10.4 Å². The number of amides is 5. The molecule has 4 aliphatic heterocycles. The van der Waals surface area contributed by atoms with Crippen LogP contribution in [0.25, 0.3) is 16.6 Å². The molecule has 66 heavy (non-hydrogen) atoms. The molecule has 0 spiro atoms. The molecule has 2 aromatic carbocycles. The fourth-order valence-electron chi connectivity index (χ4n) is 9.33. The van der Waals surface area contributed by atoms with Crippen molar-refractivity contribution < 1.29 is 37.5 Å². The van der Waals surface area contributed by atoms with Crippen molar-refractivity contribution in [2.24, 2.45) is 0 Å². The van der Waals surface area contributed by atoms with E-state index >= 15 is 0 Å². The predicted molar refractivity (Wildman–Crippen MR) is 236 cm³/mol. The van der Waals surface area contributed by atoms with Gasteiger partial charge in [-0.3, -0.25) is 34.2 Å². The van der Waals surface area contributed by atoms with Gasteiger partial charge in [0.25, 0.3) is 11.8 Å². The minimum Gasteiger partial charge on any atom is -0.492 e. The van der Waals surface area contributed by atoms with E-state index in [1.54, 1.807) is 16.9 Å². The number of pyridine rings is 2. The number of imide groups is 1. The maximum absolute atomic E-state index is 14.8. The molecule has 1 atom stereocenters. The Morgan fingerprint density at radius 1 is 0.955 bits per heavy atom. The van der Waals surface area contributed by atoms with Gasteiger partial charge >= 0.3 is 0 Å². The number of nitrogens with one attached hydrogen (secondary N) is 3. The minimum atomic E-state index is -1.44. The highest BCUT2D eigenvalue weighted by molar-refractivity contribution is 6.06. The number of ether oxygens (including phenoxy) is 1. The van der Waals surface area contributed by atoms with Crippen LogP contribution in [0.5, 0.6) is 5.75 Å². The third-order valence-corrected chi connectivity index (χ3v) is 12.9. The second kappa shape index (κ2) is 18.2. The van der Waals surface area contributed by atoms with Crippen molar-refractivity contribution >= 4 is 46.6 Å². The standard InChI is InChI=1S/C47H47F2N11O6/c1-2-66-34-23-35(42-31(24-50)26-53-60(42)28-34)29-4-9-40(52-25-29)58-14-11-47(12-15-58,55-43(62)37-21-32(48)5-7-38(37)49)46(65)51-13-16-56-17-19-57(20-18-56)33-6-3-30-27-59(45(64)36(30)22-33)39-8-10-41(61)54-44(39)63/h3-7,9,21-23,25-26,28,39H,2,8,10-20,27H2,1H3,(H,51,65)(H,55,62)(H,54,61,63). The number of nitrogens with zero attached hydrogens (tertiary/aromatic N) is 8. The van der Waals surface area contributed by atoms with Gasteiger partial charge in [0.05, 0.1) is 35.6 Å². The summed E-state index contributed by atoms with van der Waals surface area (Å²) >= 11 is 0. The fraction of sp³-hybridized carbons (Fsp3) is 0.362. The third-order valence-electron chi connectivity index (χ3n) is 12.9. The molecule has 0 aliphatic carbocycles. The van der Waals surface area contributed by atoms with Crippen molar-refractivity contribution in [3.05, 3.63) is 107 Å². The van der Waals surface area contributed by atoms with E-state index in [0.717, 1.165) is 40.6 Å². The van der Waals surface area contributed by atoms with Crippen molar-refractivity contribution in [2.75, 3.05) is 68.8 Å². The summed E-state index contributed by atoms with van der Waals surface area (Å²) in [5.41, 5.74) is 2.81. The topological polar surface area (TPSA) is 198 Å². The Balaban J connectivity index is 0.833. The molecule has 3 saturated heterocycles. The Morgan fingerprint density at radius 2 is 1.76 bits per heavy atom. The van der Waals surface area contributed by atoms with Crippen LogP contribution in [0.4, 0.5) is 20.3 Å². The molecule has 0 bridgehead atoms. The molecule has 7 heterocycles. The van der Waals surface area contributed by atoms with Gasteiger partial charge < -0.3 is 30.1 Å². The Bertz CT molecular complexity index is 2780. The number of piperidine rings is 2. The molecule has 19 heteroatoms. The maximum atomic E-state index is 14.8. The van der Waals surface area contributed by atoms with Crippen LogP contribution in [-0.4, -0.2) is 124 Å². The monoisotopic (exact) mass is 899 g/mol. The second-order valence-corrected chi connectivity index (χ2v) is 16.9. The van der Waals surface area contributed by atoms with Crippen LogP contribution >= 0.6 is 0 Å². The number of halogens is 2. The van der Waals surface area contributed by atoms with Gasteiger partial charge in [0.1, 0.15) is 40.9 Å². The summed E-state index contributed by atoms with van der Waals surface area (Å²) in [6.45, 7) is 6.71. The van der Waals surface area contributed by atoms with E-state index in [-0.39, 0.29) is 37.6 Å². The average molecular weight is 900 g/mol. The lowest BCUT2D eigenvalue weighted by Crippen LogP contribution is -2.64. The lowest BCUT2D eigenvalue weighted by molar-refractivity contribution is -0.137. The maximum Gasteiger partial charge on any atom is 0.255 e. The second-order valence-electron chi connectivity index (χ2n) is 16.9. The van der Waals surface area contributed by atoms with E-state index in [4.69, 9.17) is 9.72 Å². The van der Waals surface area contributed by atoms with Crippen LogP contribution in [0.15, 0.2) is 73.2 Å². The zero-order valence-electron chi connectivity index (χ0n) is 36.2. The largest absolute Gasteiger partial charge is 0.492 e. The van der Waals surface area contributed by atoms with Crippen molar-refractivity contribution in [1.82, 2.24) is 40.3 Å². The Morgan fingerprint density at radius 3 is 2.48 bits per heavy atom. The summed E-state index contributed by atoms with van der Waals surface area (Å²) in [6, 6.07) is 15.5. The SMILES string of the molecule is CCOc1cc(-c2ccc(N3CCC(NC(=O)c4cc(F)ccc4F)(C(=O)NCCN4CCN(c5ccc6c(c5)C(=O)N(C5CCC(=O)NC5=O)C6)CC4)CC3)nc2)c2c(C#N)cnn2c1. The number of aromatic nitrogens is 3. The number of nitriles is 1. The summed E-state index contributed by atoms with van der Waals surface area (Å²) in [5.74, 6) is -2.82. The summed E-state index contributed by atoms with van der Waals surface area (Å²) in [7, 11) is 0. The number of rotatable bonds is 12. The molecule has 3 aromatic heterocycles. The highest BCUT2D eigenvalue weighted by atomic mass is 19.1. The van der Waals surface area contributed by atoms with E-state index in [9.17, 15) is 38.0 Å². The summed E-state index contributed by atoms with van der Waals surface area (Å²) in [6.07, 6.45) is 5.70. The molecule has 0 saturated carbocycles. The van der Waals surface area contributed by atoms with Crippen molar-refractivity contribution in [2.45, 2.75) is 50.7 Å². The quantitative estimate of drug-likeness (QED) is 0.155. The molecule has 3 fully saturated rings. The van der Waals surface area contributed by atoms with Gasteiger partial charge in [-0.15, -0.1) is 0 Å². The lowest BCUT2D eigenvalue weighted by atomic mass is 9.85. The molecular formula is C47H47F2N11O6. The van der Waals surface area contributed by atoms with Crippen LogP contribution in [0.3, 0.4) is 0 Å². The molecule has 5 amide bonds. The fourth-order valence-corrected chi connectivity index (χ4v) is 9.33. The van der Waals surface area contributed by atoms with E-state index in [0.29, 0.717) is 93.6 Å². The first-order valence-electron chi connectivity index (χ1n) is 22.0. The van der Waals surface area contributed by atoms with Gasteiger partial charge in [-0.05, 0) is 80.3 Å². The van der Waals surface area contributed by atoms with Crippen LogP contribution in [0.2, 0.25) is 0 Å². The molecule has 3 N–H and O–H groups in total. The number of carbonyl (C=O) groups excluding carboxylic acids is 5. The highest BCUT2D eigenvalue weighted by Crippen LogP contribution is 2.34. The van der Waals surface area contributed by atoms with Gasteiger partial charge in [-0.1, -0.05) is 6.07 Å². The molecule has 0 radical (unpaired) electrons. The zero-order valence-corrected chi connectivity index (χ0v) is 36.2. The van der Waals surface area contributed by atoms with Crippen molar-refractivity contribution in [3.63, 3.8) is 0 Å². The summed E-state index contributed by atoms with van der Waals surface area (Å²) in [5, 5.41) is 22.2. The van der Waals surface area contributed by atoms with Crippen molar-refractivity contribution in [3.8, 4) is 22.9 Å². The number of benzene rings is 2. The highest BCUT2D eigenvalue weighted by Gasteiger charge is 2.44. The summed E-state index contributed by atoms with van der Waals surface area (Å²) in [4.78, 5) is 78.0. The first-order valence-corrected chi connectivity index (χ1v) is 22.0. The van der Waals surface area contributed by atoms with E-state index in [1.165, 1.54) is 11.1 Å².